The van der Waals surface area contributed by atoms with Crippen LogP contribution in [-0.2, 0) is 9.47 Å². The van der Waals surface area contributed by atoms with E-state index in [0.29, 0.717) is 26.1 Å². The second-order valence-electron chi connectivity index (χ2n) is 4.48. The Morgan fingerprint density at radius 3 is 2.54 bits per heavy atom. The van der Waals surface area contributed by atoms with E-state index in [1.54, 1.807) is 0 Å². The lowest BCUT2D eigenvalue weighted by Crippen LogP contribution is -2.60. The summed E-state index contributed by atoms with van der Waals surface area (Å²) in [6, 6.07) is 0. The van der Waals surface area contributed by atoms with Gasteiger partial charge in [0.1, 0.15) is 0 Å². The largest absolute Gasteiger partial charge is 0.387 e. The molecule has 0 radical (unpaired) electrons. The lowest BCUT2D eigenvalue weighted by molar-refractivity contribution is -0.148. The molecule has 0 aromatic carbocycles. The maximum absolute atomic E-state index is 9.84. The fourth-order valence-electron chi connectivity index (χ4n) is 1.85. The van der Waals surface area contributed by atoms with Gasteiger partial charge in [0.05, 0.1) is 18.3 Å². The molecule has 0 aromatic rings. The molecule has 2 heterocycles. The van der Waals surface area contributed by atoms with Crippen LogP contribution in [0.1, 0.15) is 20.3 Å². The number of β-amino-alcohol motifs (C(OH)–C–C–N with tert-alkyl or cyclic N) is 1. The van der Waals surface area contributed by atoms with Gasteiger partial charge in [-0.3, -0.25) is 0 Å². The van der Waals surface area contributed by atoms with Gasteiger partial charge in [0, 0.05) is 19.5 Å². The van der Waals surface area contributed by atoms with Crippen LogP contribution >= 0.6 is 0 Å². The van der Waals surface area contributed by atoms with Crippen molar-refractivity contribution in [2.24, 2.45) is 0 Å². The third-order valence-corrected chi connectivity index (χ3v) is 2.58. The molecule has 13 heavy (non-hydrogen) atoms. The second-order valence-corrected chi connectivity index (χ2v) is 4.48. The van der Waals surface area contributed by atoms with Crippen molar-refractivity contribution in [3.8, 4) is 0 Å². The predicted octanol–water partition coefficient (Wildman–Crippen LogP) is -0.138. The third kappa shape index (κ3) is 2.02. The van der Waals surface area contributed by atoms with Gasteiger partial charge >= 0.3 is 0 Å². The lowest BCUT2D eigenvalue weighted by Gasteiger charge is -2.39. The van der Waals surface area contributed by atoms with E-state index >= 15 is 0 Å². The average molecular weight is 187 g/mol. The summed E-state index contributed by atoms with van der Waals surface area (Å²) in [6.07, 6.45) is 0.714. The van der Waals surface area contributed by atoms with Crippen LogP contribution in [0.2, 0.25) is 0 Å². The highest BCUT2D eigenvalue weighted by molar-refractivity contribution is 4.95. The second kappa shape index (κ2) is 2.92. The molecule has 0 aromatic heterocycles. The fraction of sp³-hybridized carbons (Fsp3) is 1.00. The molecular formula is C9H17NO3. The zero-order chi connectivity index (χ0) is 9.53. The van der Waals surface area contributed by atoms with E-state index in [1.807, 2.05) is 13.8 Å². The molecule has 0 spiro atoms. The van der Waals surface area contributed by atoms with Crippen LogP contribution in [0.4, 0.5) is 0 Å². The Morgan fingerprint density at radius 1 is 1.46 bits per heavy atom. The maximum Gasteiger partial charge on any atom is 0.163 e. The Kier molecular flexibility index (Phi) is 2.11. The molecule has 2 fully saturated rings. The summed E-state index contributed by atoms with van der Waals surface area (Å²) in [5.74, 6) is -0.474. The molecular weight excluding hydrogens is 170 g/mol. The Bertz CT molecular complexity index is 201. The van der Waals surface area contributed by atoms with Gasteiger partial charge in [0.15, 0.2) is 5.79 Å². The normalized spacial score (nSPS) is 35.8. The molecule has 1 atom stereocenters. The Balaban J connectivity index is 1.83. The van der Waals surface area contributed by atoms with Crippen LogP contribution in [0.3, 0.4) is 0 Å². The van der Waals surface area contributed by atoms with Gasteiger partial charge in [-0.2, -0.15) is 0 Å². The first kappa shape index (κ1) is 9.40. The number of rotatable bonds is 2. The highest BCUT2D eigenvalue weighted by atomic mass is 16.7. The first-order valence-electron chi connectivity index (χ1n) is 4.74. The summed E-state index contributed by atoms with van der Waals surface area (Å²) in [5.41, 5.74) is -0.561. The molecule has 76 valence electrons. The van der Waals surface area contributed by atoms with Crippen LogP contribution in [0.5, 0.6) is 0 Å². The average Bonchev–Trinajstić information content (AvgIpc) is 2.27. The van der Waals surface area contributed by atoms with Gasteiger partial charge in [-0.15, -0.1) is 0 Å². The molecule has 0 amide bonds. The number of ether oxygens (including phenoxy) is 2. The molecule has 2 aliphatic heterocycles. The molecule has 0 aliphatic carbocycles. The van der Waals surface area contributed by atoms with Gasteiger partial charge in [0.2, 0.25) is 0 Å². The van der Waals surface area contributed by atoms with Gasteiger partial charge in [-0.05, 0) is 13.8 Å². The quantitative estimate of drug-likeness (QED) is 0.632. The van der Waals surface area contributed by atoms with E-state index in [4.69, 9.17) is 9.47 Å². The standard InChI is InChI=1S/C9H17NO3/c1-8(2)12-4-7(13-8)3-9(11)5-10-6-9/h7,10-11H,3-6H2,1-2H3. The van der Waals surface area contributed by atoms with Gasteiger partial charge < -0.3 is 19.9 Å². The van der Waals surface area contributed by atoms with Crippen LogP contribution in [0.25, 0.3) is 0 Å². The topological polar surface area (TPSA) is 50.7 Å². The summed E-state index contributed by atoms with van der Waals surface area (Å²) >= 11 is 0. The maximum atomic E-state index is 9.84. The van der Waals surface area contributed by atoms with E-state index in [-0.39, 0.29) is 6.10 Å². The van der Waals surface area contributed by atoms with Crippen molar-refractivity contribution in [2.45, 2.75) is 37.8 Å². The molecule has 4 nitrogen and oxygen atoms in total. The summed E-state index contributed by atoms with van der Waals surface area (Å²) in [6.45, 7) is 5.74. The minimum Gasteiger partial charge on any atom is -0.387 e. The summed E-state index contributed by atoms with van der Waals surface area (Å²) in [7, 11) is 0. The van der Waals surface area contributed by atoms with Crippen molar-refractivity contribution in [2.75, 3.05) is 19.7 Å². The molecule has 0 bridgehead atoms. The molecule has 2 N–H and O–H groups in total. The monoisotopic (exact) mass is 187 g/mol. The minimum atomic E-state index is -0.561. The van der Waals surface area contributed by atoms with E-state index in [2.05, 4.69) is 5.32 Å². The van der Waals surface area contributed by atoms with Gasteiger partial charge in [-0.1, -0.05) is 0 Å². The van der Waals surface area contributed by atoms with Crippen molar-refractivity contribution in [3.63, 3.8) is 0 Å². The number of hydrogen-bond donors (Lipinski definition) is 2. The van der Waals surface area contributed by atoms with E-state index < -0.39 is 11.4 Å². The van der Waals surface area contributed by atoms with Gasteiger partial charge in [0.25, 0.3) is 0 Å². The van der Waals surface area contributed by atoms with Crippen LogP contribution in [0, 0.1) is 0 Å². The van der Waals surface area contributed by atoms with E-state index in [1.165, 1.54) is 0 Å². The van der Waals surface area contributed by atoms with Crippen LogP contribution < -0.4 is 5.32 Å². The first-order valence-corrected chi connectivity index (χ1v) is 4.74. The molecule has 1 unspecified atom stereocenters. The number of nitrogens with one attached hydrogen (secondary N) is 1. The zero-order valence-electron chi connectivity index (χ0n) is 8.17. The summed E-state index contributed by atoms with van der Waals surface area (Å²) in [5, 5.41) is 12.9. The van der Waals surface area contributed by atoms with Crippen LogP contribution in [0.15, 0.2) is 0 Å². The number of hydrogen-bond acceptors (Lipinski definition) is 4. The zero-order valence-corrected chi connectivity index (χ0v) is 8.17. The van der Waals surface area contributed by atoms with Crippen molar-refractivity contribution in [1.29, 1.82) is 0 Å². The molecule has 2 aliphatic rings. The van der Waals surface area contributed by atoms with E-state index in [0.717, 1.165) is 0 Å². The highest BCUT2D eigenvalue weighted by Gasteiger charge is 2.41. The predicted molar refractivity (Wildman–Crippen MR) is 47.3 cm³/mol. The van der Waals surface area contributed by atoms with Crippen molar-refractivity contribution < 1.29 is 14.6 Å². The van der Waals surface area contributed by atoms with E-state index in [9.17, 15) is 5.11 Å². The Morgan fingerprint density at radius 2 is 2.15 bits per heavy atom. The smallest absolute Gasteiger partial charge is 0.163 e. The molecule has 4 heteroatoms. The summed E-state index contributed by atoms with van der Waals surface area (Å²) in [4.78, 5) is 0. The Labute approximate surface area is 78.2 Å². The molecule has 2 saturated heterocycles. The lowest BCUT2D eigenvalue weighted by atomic mass is 9.90. The third-order valence-electron chi connectivity index (χ3n) is 2.58. The molecule has 0 saturated carbocycles. The Hall–Kier alpha value is -0.160. The van der Waals surface area contributed by atoms with Crippen molar-refractivity contribution in [1.82, 2.24) is 5.32 Å². The van der Waals surface area contributed by atoms with Crippen LogP contribution in [-0.4, -0.2) is 42.3 Å². The molecule has 2 rings (SSSR count). The SMILES string of the molecule is CC1(C)OCC(CC2(O)CNC2)O1. The van der Waals surface area contributed by atoms with Crippen molar-refractivity contribution in [3.05, 3.63) is 0 Å². The first-order chi connectivity index (χ1) is 5.99. The van der Waals surface area contributed by atoms with Gasteiger partial charge in [-0.25, -0.2) is 0 Å². The highest BCUT2D eigenvalue weighted by Crippen LogP contribution is 2.28. The van der Waals surface area contributed by atoms with Crippen molar-refractivity contribution >= 4 is 0 Å². The summed E-state index contributed by atoms with van der Waals surface area (Å²) < 4.78 is 11.0. The minimum absolute atomic E-state index is 0.0436. The fourth-order valence-corrected chi connectivity index (χ4v) is 1.85. The number of aliphatic hydroxyl groups is 1.